The molecule has 0 radical (unpaired) electrons. The first kappa shape index (κ1) is 25.2. The second-order valence-electron chi connectivity index (χ2n) is 9.09. The molecule has 0 saturated heterocycles. The van der Waals surface area contributed by atoms with Crippen LogP contribution >= 0.6 is 0 Å². The number of carbonyl (C=O) groups excluding carboxylic acids is 1. The van der Waals surface area contributed by atoms with E-state index in [1.807, 2.05) is 80.6 Å². The number of rotatable bonds is 8. The van der Waals surface area contributed by atoms with Crippen LogP contribution in [0, 0.1) is 20.8 Å². The monoisotopic (exact) mass is 498 g/mol. The molecule has 0 unspecified atom stereocenters. The maximum absolute atomic E-state index is 13.7. The Morgan fingerprint density at radius 3 is 1.78 bits per heavy atom. The highest BCUT2D eigenvalue weighted by Gasteiger charge is 2.22. The van der Waals surface area contributed by atoms with Crippen LogP contribution < -0.4 is 4.72 Å². The second kappa shape index (κ2) is 10.8. The van der Waals surface area contributed by atoms with Crippen LogP contribution in [0.4, 0.5) is 5.69 Å². The van der Waals surface area contributed by atoms with Crippen LogP contribution in [0.5, 0.6) is 0 Å². The predicted octanol–water partition coefficient (Wildman–Crippen LogP) is 6.26. The first-order chi connectivity index (χ1) is 17.2. The molecule has 0 atom stereocenters. The Hall–Kier alpha value is -3.90. The first-order valence-electron chi connectivity index (χ1n) is 11.8. The smallest absolute Gasteiger partial charge is 0.262 e. The van der Waals surface area contributed by atoms with Crippen molar-refractivity contribution in [3.63, 3.8) is 0 Å². The minimum Gasteiger partial charge on any atom is -0.330 e. The SMILES string of the molecule is Cc1cc(C)cc(NS(=O)(=O)c2cc(C(=O)N(Cc3ccccc3)Cc3ccccc3)ccc2C)c1. The van der Waals surface area contributed by atoms with E-state index in [4.69, 9.17) is 0 Å². The molecule has 4 aromatic carbocycles. The molecule has 0 fully saturated rings. The molecule has 0 saturated carbocycles. The lowest BCUT2D eigenvalue weighted by Gasteiger charge is -2.24. The van der Waals surface area contributed by atoms with Crippen molar-refractivity contribution in [2.45, 2.75) is 38.8 Å². The summed E-state index contributed by atoms with van der Waals surface area (Å²) in [6.45, 7) is 6.39. The minimum atomic E-state index is -3.90. The molecule has 0 aliphatic rings. The van der Waals surface area contributed by atoms with E-state index in [-0.39, 0.29) is 10.8 Å². The predicted molar refractivity (Wildman–Crippen MR) is 144 cm³/mol. The van der Waals surface area contributed by atoms with Crippen molar-refractivity contribution < 1.29 is 13.2 Å². The summed E-state index contributed by atoms with van der Waals surface area (Å²) in [7, 11) is -3.90. The van der Waals surface area contributed by atoms with Crippen molar-refractivity contribution in [3.8, 4) is 0 Å². The molecule has 4 aromatic rings. The third kappa shape index (κ3) is 6.20. The van der Waals surface area contributed by atoms with Crippen LogP contribution in [-0.2, 0) is 23.1 Å². The lowest BCUT2D eigenvalue weighted by Crippen LogP contribution is -2.30. The third-order valence-electron chi connectivity index (χ3n) is 5.92. The topological polar surface area (TPSA) is 66.5 Å². The fourth-order valence-corrected chi connectivity index (χ4v) is 5.57. The molecule has 5 nitrogen and oxygen atoms in total. The zero-order chi connectivity index (χ0) is 25.7. The Morgan fingerprint density at radius 1 is 0.722 bits per heavy atom. The van der Waals surface area contributed by atoms with Gasteiger partial charge in [0.15, 0.2) is 0 Å². The van der Waals surface area contributed by atoms with Crippen molar-refractivity contribution in [1.29, 1.82) is 0 Å². The van der Waals surface area contributed by atoms with Gasteiger partial charge in [0.2, 0.25) is 0 Å². The van der Waals surface area contributed by atoms with Crippen LogP contribution in [0.3, 0.4) is 0 Å². The van der Waals surface area contributed by atoms with Gasteiger partial charge < -0.3 is 4.90 Å². The zero-order valence-electron chi connectivity index (χ0n) is 20.7. The Morgan fingerprint density at radius 2 is 1.25 bits per heavy atom. The van der Waals surface area contributed by atoms with Gasteiger partial charge in [-0.1, -0.05) is 72.8 Å². The summed E-state index contributed by atoms with van der Waals surface area (Å²) in [5, 5.41) is 0. The highest BCUT2D eigenvalue weighted by Crippen LogP contribution is 2.24. The van der Waals surface area contributed by atoms with E-state index in [2.05, 4.69) is 4.72 Å². The Labute approximate surface area is 213 Å². The normalized spacial score (nSPS) is 11.2. The number of anilines is 1. The number of nitrogens with zero attached hydrogens (tertiary/aromatic N) is 1. The van der Waals surface area contributed by atoms with E-state index in [1.54, 1.807) is 36.1 Å². The van der Waals surface area contributed by atoms with Crippen LogP contribution in [-0.4, -0.2) is 19.2 Å². The van der Waals surface area contributed by atoms with E-state index < -0.39 is 10.0 Å². The first-order valence-corrected chi connectivity index (χ1v) is 13.3. The van der Waals surface area contributed by atoms with Gasteiger partial charge in [0, 0.05) is 24.3 Å². The number of hydrogen-bond donors (Lipinski definition) is 1. The third-order valence-corrected chi connectivity index (χ3v) is 7.44. The number of benzene rings is 4. The molecule has 0 aliphatic heterocycles. The van der Waals surface area contributed by atoms with Gasteiger partial charge in [-0.05, 0) is 72.9 Å². The fraction of sp³-hybridized carbons (Fsp3) is 0.167. The van der Waals surface area contributed by atoms with Crippen molar-refractivity contribution >= 4 is 21.6 Å². The Kier molecular flexibility index (Phi) is 7.55. The summed E-state index contributed by atoms with van der Waals surface area (Å²) in [5.41, 5.74) is 5.32. The molecular weight excluding hydrogens is 468 g/mol. The standard InChI is InChI=1S/C30H30N2O3S/c1-22-16-23(2)18-28(17-22)31-36(34,35)29-19-27(15-14-24(29)3)30(33)32(20-25-10-6-4-7-11-25)21-26-12-8-5-9-13-26/h4-19,31H,20-21H2,1-3H3. The number of hydrogen-bond acceptors (Lipinski definition) is 3. The number of aryl methyl sites for hydroxylation is 3. The van der Waals surface area contributed by atoms with Crippen LogP contribution in [0.25, 0.3) is 0 Å². The molecule has 0 bridgehead atoms. The van der Waals surface area contributed by atoms with Crippen LogP contribution in [0.1, 0.15) is 38.2 Å². The van der Waals surface area contributed by atoms with E-state index >= 15 is 0 Å². The van der Waals surface area contributed by atoms with Gasteiger partial charge in [-0.2, -0.15) is 0 Å². The average Bonchev–Trinajstić information content (AvgIpc) is 2.84. The average molecular weight is 499 g/mol. The molecule has 1 amide bonds. The minimum absolute atomic E-state index is 0.0897. The van der Waals surface area contributed by atoms with Crippen LogP contribution in [0.15, 0.2) is 102 Å². The van der Waals surface area contributed by atoms with E-state index in [1.165, 1.54) is 6.07 Å². The summed E-state index contributed by atoms with van der Waals surface area (Å²) in [5.74, 6) is -0.231. The molecule has 0 spiro atoms. The van der Waals surface area contributed by atoms with Gasteiger partial charge in [0.05, 0.1) is 4.90 Å². The van der Waals surface area contributed by atoms with Gasteiger partial charge in [0.25, 0.3) is 15.9 Å². The number of nitrogens with one attached hydrogen (secondary N) is 1. The van der Waals surface area contributed by atoms with Crippen molar-refractivity contribution in [2.24, 2.45) is 0 Å². The van der Waals surface area contributed by atoms with Crippen molar-refractivity contribution in [3.05, 3.63) is 130 Å². The molecule has 1 N–H and O–H groups in total. The second-order valence-corrected chi connectivity index (χ2v) is 10.7. The molecule has 4 rings (SSSR count). The van der Waals surface area contributed by atoms with Gasteiger partial charge in [-0.15, -0.1) is 0 Å². The molecule has 184 valence electrons. The van der Waals surface area contributed by atoms with Gasteiger partial charge in [-0.3, -0.25) is 9.52 Å². The van der Waals surface area contributed by atoms with Crippen molar-refractivity contribution in [2.75, 3.05) is 4.72 Å². The van der Waals surface area contributed by atoms with E-state index in [0.717, 1.165) is 22.3 Å². The Balaban J connectivity index is 1.66. The lowest BCUT2D eigenvalue weighted by molar-refractivity contribution is 0.0729. The maximum Gasteiger partial charge on any atom is 0.262 e. The van der Waals surface area contributed by atoms with E-state index in [9.17, 15) is 13.2 Å². The molecule has 6 heteroatoms. The molecule has 0 aromatic heterocycles. The molecule has 0 aliphatic carbocycles. The highest BCUT2D eigenvalue weighted by molar-refractivity contribution is 7.92. The van der Waals surface area contributed by atoms with E-state index in [0.29, 0.717) is 29.9 Å². The summed E-state index contributed by atoms with van der Waals surface area (Å²) < 4.78 is 29.4. The quantitative estimate of drug-likeness (QED) is 0.312. The molecular formula is C30H30N2O3S. The Bertz CT molecular complexity index is 1410. The van der Waals surface area contributed by atoms with Crippen molar-refractivity contribution in [1.82, 2.24) is 4.90 Å². The number of carbonyl (C=O) groups is 1. The molecule has 36 heavy (non-hydrogen) atoms. The number of amides is 1. The zero-order valence-corrected chi connectivity index (χ0v) is 21.5. The summed E-state index contributed by atoms with van der Waals surface area (Å²) in [6.07, 6.45) is 0. The number of sulfonamides is 1. The molecule has 0 heterocycles. The maximum atomic E-state index is 13.7. The largest absolute Gasteiger partial charge is 0.330 e. The van der Waals surface area contributed by atoms with Crippen LogP contribution in [0.2, 0.25) is 0 Å². The van der Waals surface area contributed by atoms with Gasteiger partial charge in [-0.25, -0.2) is 8.42 Å². The van der Waals surface area contributed by atoms with Gasteiger partial charge in [0.1, 0.15) is 0 Å². The summed E-state index contributed by atoms with van der Waals surface area (Å²) in [6, 6.07) is 30.0. The van der Waals surface area contributed by atoms with Gasteiger partial charge >= 0.3 is 0 Å². The summed E-state index contributed by atoms with van der Waals surface area (Å²) in [4.78, 5) is 15.5. The highest BCUT2D eigenvalue weighted by atomic mass is 32.2. The lowest BCUT2D eigenvalue weighted by atomic mass is 10.1. The fourth-order valence-electron chi connectivity index (χ4n) is 4.26. The summed E-state index contributed by atoms with van der Waals surface area (Å²) >= 11 is 0.